The molecule has 1 fully saturated rings. The lowest BCUT2D eigenvalue weighted by atomic mass is 9.79. The van der Waals surface area contributed by atoms with Crippen molar-refractivity contribution in [2.24, 2.45) is 11.8 Å². The van der Waals surface area contributed by atoms with Gasteiger partial charge in [-0.3, -0.25) is 4.79 Å². The molecule has 3 nitrogen and oxygen atoms in total. The molecule has 0 saturated heterocycles. The fraction of sp³-hybridized carbons (Fsp3) is 0.562. The molecular weight excluding hydrogens is 320 g/mol. The number of ether oxygens (including phenoxy) is 2. The second-order valence-corrected chi connectivity index (χ2v) is 6.65. The van der Waals surface area contributed by atoms with E-state index in [9.17, 15) is 4.79 Å². The third-order valence-electron chi connectivity index (χ3n) is 4.28. The summed E-state index contributed by atoms with van der Waals surface area (Å²) in [6.45, 7) is 3.37. The van der Waals surface area contributed by atoms with Crippen molar-refractivity contribution < 1.29 is 14.3 Å². The van der Waals surface area contributed by atoms with Crippen molar-refractivity contribution in [3.05, 3.63) is 22.2 Å². The van der Waals surface area contributed by atoms with Gasteiger partial charge in [-0.2, -0.15) is 0 Å². The van der Waals surface area contributed by atoms with Crippen molar-refractivity contribution in [2.45, 2.75) is 32.6 Å². The molecule has 0 N–H and O–H groups in total. The number of fused-ring (bicyclic) bond motifs is 1. The Kier molecular flexibility index (Phi) is 4.01. The first-order valence-corrected chi connectivity index (χ1v) is 8.08. The standard InChI is InChI=1S/C16H19BrO3/c1-10-2-4-11(5-3-10)16(18)12-8-14-15(9-13(12)17)20-7-6-19-14/h8-11H,2-7H2,1H3. The van der Waals surface area contributed by atoms with E-state index in [1.54, 1.807) is 0 Å². The number of carbonyl (C=O) groups excluding carboxylic acids is 1. The molecular formula is C16H19BrO3. The van der Waals surface area contributed by atoms with Crippen molar-refractivity contribution in [3.8, 4) is 11.5 Å². The van der Waals surface area contributed by atoms with E-state index in [0.29, 0.717) is 19.0 Å². The third-order valence-corrected chi connectivity index (χ3v) is 4.94. The summed E-state index contributed by atoms with van der Waals surface area (Å²) in [6.07, 6.45) is 4.30. The van der Waals surface area contributed by atoms with Crippen LogP contribution in [0.1, 0.15) is 43.0 Å². The van der Waals surface area contributed by atoms with E-state index in [0.717, 1.165) is 47.4 Å². The van der Waals surface area contributed by atoms with Gasteiger partial charge < -0.3 is 9.47 Å². The smallest absolute Gasteiger partial charge is 0.167 e. The Morgan fingerprint density at radius 2 is 1.70 bits per heavy atom. The predicted octanol–water partition coefficient (Wildman–Crippen LogP) is 4.23. The normalized spacial score (nSPS) is 25.3. The zero-order chi connectivity index (χ0) is 14.1. The maximum atomic E-state index is 12.7. The molecule has 1 aromatic carbocycles. The van der Waals surface area contributed by atoms with Crippen LogP contribution in [0.3, 0.4) is 0 Å². The first-order chi connectivity index (χ1) is 9.65. The van der Waals surface area contributed by atoms with Crippen LogP contribution in [0.5, 0.6) is 11.5 Å². The molecule has 20 heavy (non-hydrogen) atoms. The van der Waals surface area contributed by atoms with Gasteiger partial charge in [0, 0.05) is 16.0 Å². The molecule has 1 aliphatic heterocycles. The van der Waals surface area contributed by atoms with Crippen LogP contribution in [0.15, 0.2) is 16.6 Å². The van der Waals surface area contributed by atoms with Crippen molar-refractivity contribution in [1.82, 2.24) is 0 Å². The van der Waals surface area contributed by atoms with Gasteiger partial charge in [0.1, 0.15) is 13.2 Å². The topological polar surface area (TPSA) is 35.5 Å². The second-order valence-electron chi connectivity index (χ2n) is 5.80. The average Bonchev–Trinajstić information content (AvgIpc) is 2.46. The summed E-state index contributed by atoms with van der Waals surface area (Å²) in [6, 6.07) is 3.69. The van der Waals surface area contributed by atoms with E-state index < -0.39 is 0 Å². The molecule has 1 saturated carbocycles. The Morgan fingerprint density at radius 3 is 2.35 bits per heavy atom. The highest BCUT2D eigenvalue weighted by atomic mass is 79.9. The monoisotopic (exact) mass is 338 g/mol. The van der Waals surface area contributed by atoms with E-state index >= 15 is 0 Å². The van der Waals surface area contributed by atoms with Crippen LogP contribution in [-0.2, 0) is 0 Å². The van der Waals surface area contributed by atoms with Gasteiger partial charge in [-0.15, -0.1) is 0 Å². The SMILES string of the molecule is CC1CCC(C(=O)c2cc3c(cc2Br)OCCO3)CC1. The van der Waals surface area contributed by atoms with Gasteiger partial charge in [0.15, 0.2) is 17.3 Å². The molecule has 2 aliphatic rings. The van der Waals surface area contributed by atoms with Crippen LogP contribution >= 0.6 is 15.9 Å². The molecule has 108 valence electrons. The summed E-state index contributed by atoms with van der Waals surface area (Å²) in [5.41, 5.74) is 0.730. The Bertz CT molecular complexity index is 519. The highest BCUT2D eigenvalue weighted by molar-refractivity contribution is 9.10. The molecule has 1 aliphatic carbocycles. The van der Waals surface area contributed by atoms with Gasteiger partial charge >= 0.3 is 0 Å². The van der Waals surface area contributed by atoms with Crippen LogP contribution in [0, 0.1) is 11.8 Å². The number of halogens is 1. The zero-order valence-corrected chi connectivity index (χ0v) is 13.2. The van der Waals surface area contributed by atoms with E-state index in [1.165, 1.54) is 0 Å². The summed E-state index contributed by atoms with van der Waals surface area (Å²) < 4.78 is 11.9. The third kappa shape index (κ3) is 2.71. The molecule has 3 rings (SSSR count). The number of hydrogen-bond acceptors (Lipinski definition) is 3. The fourth-order valence-electron chi connectivity index (χ4n) is 2.99. The van der Waals surface area contributed by atoms with E-state index in [-0.39, 0.29) is 11.7 Å². The van der Waals surface area contributed by atoms with E-state index in [1.807, 2.05) is 12.1 Å². The summed E-state index contributed by atoms with van der Waals surface area (Å²) >= 11 is 3.50. The lowest BCUT2D eigenvalue weighted by Gasteiger charge is -2.26. The first-order valence-electron chi connectivity index (χ1n) is 7.28. The Hall–Kier alpha value is -1.03. The second kappa shape index (κ2) is 5.76. The number of hydrogen-bond donors (Lipinski definition) is 0. The van der Waals surface area contributed by atoms with Crippen LogP contribution in [0.25, 0.3) is 0 Å². The molecule has 0 amide bonds. The highest BCUT2D eigenvalue weighted by Gasteiger charge is 2.28. The zero-order valence-electron chi connectivity index (χ0n) is 11.7. The van der Waals surface area contributed by atoms with Gasteiger partial charge in [0.05, 0.1) is 0 Å². The molecule has 1 aromatic rings. The van der Waals surface area contributed by atoms with Crippen LogP contribution in [-0.4, -0.2) is 19.0 Å². The quantitative estimate of drug-likeness (QED) is 0.757. The molecule has 0 unspecified atom stereocenters. The minimum atomic E-state index is 0.157. The van der Waals surface area contributed by atoms with Gasteiger partial charge in [0.25, 0.3) is 0 Å². The largest absolute Gasteiger partial charge is 0.486 e. The molecule has 0 radical (unpaired) electrons. The Morgan fingerprint density at radius 1 is 1.10 bits per heavy atom. The highest BCUT2D eigenvalue weighted by Crippen LogP contribution is 2.38. The number of carbonyl (C=O) groups is 1. The lowest BCUT2D eigenvalue weighted by molar-refractivity contribution is 0.0873. The van der Waals surface area contributed by atoms with Crippen molar-refractivity contribution >= 4 is 21.7 Å². The summed E-state index contributed by atoms with van der Waals surface area (Å²) in [5.74, 6) is 2.55. The van der Waals surface area contributed by atoms with Crippen LogP contribution < -0.4 is 9.47 Å². The molecule has 0 aromatic heterocycles. The lowest BCUT2D eigenvalue weighted by Crippen LogP contribution is -2.22. The Labute approximate surface area is 127 Å². The number of Topliss-reactive ketones (excluding diaryl/α,β-unsaturated/α-hetero) is 1. The van der Waals surface area contributed by atoms with Gasteiger partial charge in [-0.05, 0) is 46.8 Å². The predicted molar refractivity (Wildman–Crippen MR) is 80.6 cm³/mol. The first kappa shape index (κ1) is 13.9. The molecule has 0 bridgehead atoms. The van der Waals surface area contributed by atoms with Crippen molar-refractivity contribution in [1.29, 1.82) is 0 Å². The minimum absolute atomic E-state index is 0.157. The van der Waals surface area contributed by atoms with E-state index in [4.69, 9.17) is 9.47 Å². The number of rotatable bonds is 2. The van der Waals surface area contributed by atoms with Gasteiger partial charge in [-0.25, -0.2) is 0 Å². The Balaban J connectivity index is 1.84. The van der Waals surface area contributed by atoms with Gasteiger partial charge in [-0.1, -0.05) is 19.8 Å². The molecule has 4 heteroatoms. The van der Waals surface area contributed by atoms with Gasteiger partial charge in [0.2, 0.25) is 0 Å². The molecule has 0 atom stereocenters. The van der Waals surface area contributed by atoms with Crippen LogP contribution in [0.2, 0.25) is 0 Å². The summed E-state index contributed by atoms with van der Waals surface area (Å²) in [4.78, 5) is 12.7. The number of benzene rings is 1. The van der Waals surface area contributed by atoms with E-state index in [2.05, 4.69) is 22.9 Å². The average molecular weight is 339 g/mol. The van der Waals surface area contributed by atoms with Crippen molar-refractivity contribution in [3.63, 3.8) is 0 Å². The maximum absolute atomic E-state index is 12.7. The minimum Gasteiger partial charge on any atom is -0.486 e. The summed E-state index contributed by atoms with van der Waals surface area (Å²) in [7, 11) is 0. The fourth-order valence-corrected chi connectivity index (χ4v) is 3.51. The summed E-state index contributed by atoms with van der Waals surface area (Å²) in [5, 5.41) is 0. The molecule has 0 spiro atoms. The van der Waals surface area contributed by atoms with Crippen LogP contribution in [0.4, 0.5) is 0 Å². The maximum Gasteiger partial charge on any atom is 0.167 e. The molecule has 1 heterocycles. The van der Waals surface area contributed by atoms with Crippen molar-refractivity contribution in [2.75, 3.05) is 13.2 Å². The number of ketones is 1.